The normalized spacial score (nSPS) is 13.6. The van der Waals surface area contributed by atoms with Gasteiger partial charge in [-0.3, -0.25) is 0 Å². The summed E-state index contributed by atoms with van der Waals surface area (Å²) in [7, 11) is 0. The zero-order valence-corrected chi connectivity index (χ0v) is 9.39. The van der Waals surface area contributed by atoms with E-state index in [1.807, 2.05) is 6.92 Å². The van der Waals surface area contributed by atoms with E-state index in [9.17, 15) is 0 Å². The van der Waals surface area contributed by atoms with Crippen LogP contribution in [-0.2, 0) is 0 Å². The van der Waals surface area contributed by atoms with Crippen molar-refractivity contribution in [3.63, 3.8) is 0 Å². The second kappa shape index (κ2) is 2.84. The molecule has 1 aliphatic rings. The van der Waals surface area contributed by atoms with Crippen LogP contribution in [0, 0.1) is 27.7 Å². The van der Waals surface area contributed by atoms with E-state index in [0.29, 0.717) is 0 Å². The Balaban J connectivity index is 3.09. The largest absolute Gasteiger partial charge is 0.155 e. The van der Waals surface area contributed by atoms with Crippen LogP contribution in [0.4, 0.5) is 0 Å². The summed E-state index contributed by atoms with van der Waals surface area (Å²) < 4.78 is 0. The maximum absolute atomic E-state index is 4.23. The Morgan fingerprint density at radius 3 is 1.93 bits per heavy atom. The van der Waals surface area contributed by atoms with Crippen LogP contribution in [0.1, 0.15) is 29.2 Å². The molecule has 1 heterocycles. The fourth-order valence-corrected chi connectivity index (χ4v) is 2.04. The molecule has 0 N–H and O–H groups in total. The molecule has 1 aliphatic heterocycles. The molecule has 0 aliphatic carbocycles. The second-order valence-corrected chi connectivity index (χ2v) is 4.01. The lowest BCUT2D eigenvalue weighted by Gasteiger charge is -2.08. The van der Waals surface area contributed by atoms with Crippen molar-refractivity contribution in [1.29, 1.82) is 0 Å². The predicted molar refractivity (Wildman–Crippen MR) is 57.4 cm³/mol. The van der Waals surface area contributed by atoms with Crippen molar-refractivity contribution in [2.75, 3.05) is 0 Å². The van der Waals surface area contributed by atoms with Crippen LogP contribution in [0.2, 0.25) is 0 Å². The van der Waals surface area contributed by atoms with Gasteiger partial charge in [-0.15, -0.1) is 5.10 Å². The Kier molecular flexibility index (Phi) is 1.88. The third kappa shape index (κ3) is 0.999. The fourth-order valence-electron chi connectivity index (χ4n) is 2.04. The first-order valence-electron chi connectivity index (χ1n) is 4.90. The monoisotopic (exact) mass is 187 g/mol. The summed E-state index contributed by atoms with van der Waals surface area (Å²) in [6.45, 7) is 10.6. The molecule has 2 nitrogen and oxygen atoms in total. The minimum atomic E-state index is 1.05. The minimum absolute atomic E-state index is 1.05. The first-order valence-corrected chi connectivity index (χ1v) is 4.90. The number of hydrogen-bond donors (Lipinski definition) is 0. The fraction of sp³-hybridized carbons (Fsp3) is 0.417. The summed E-state index contributed by atoms with van der Waals surface area (Å²) in [5, 5.41) is 6.54. The van der Waals surface area contributed by atoms with Crippen LogP contribution >= 0.6 is 0 Å². The van der Waals surface area contributed by atoms with E-state index in [1.165, 1.54) is 27.5 Å². The van der Waals surface area contributed by atoms with Crippen LogP contribution < -0.4 is 16.0 Å². The number of benzene rings is 1. The van der Waals surface area contributed by atoms with Crippen molar-refractivity contribution in [2.45, 2.75) is 34.6 Å². The van der Waals surface area contributed by atoms with Crippen molar-refractivity contribution >= 4 is 5.70 Å². The molecule has 0 unspecified atom stereocenters. The smallest absolute Gasteiger partial charge is 0.0982 e. The highest BCUT2D eigenvalue weighted by molar-refractivity contribution is 5.50. The van der Waals surface area contributed by atoms with Crippen LogP contribution in [0.3, 0.4) is 0 Å². The quantitative estimate of drug-likeness (QED) is 0.583. The van der Waals surface area contributed by atoms with Crippen molar-refractivity contribution < 1.29 is 0 Å². The third-order valence-electron chi connectivity index (χ3n) is 3.32. The summed E-state index contributed by atoms with van der Waals surface area (Å²) in [6.07, 6.45) is 0. The van der Waals surface area contributed by atoms with Crippen molar-refractivity contribution in [1.82, 2.24) is 5.43 Å². The van der Waals surface area contributed by atoms with Gasteiger partial charge in [-0.25, -0.2) is 0 Å². The van der Waals surface area contributed by atoms with E-state index in [0.717, 1.165) is 11.1 Å². The summed E-state index contributed by atoms with van der Waals surface area (Å²) in [4.78, 5) is 0. The summed E-state index contributed by atoms with van der Waals surface area (Å²) in [5.74, 6) is 0. The van der Waals surface area contributed by atoms with Gasteiger partial charge >= 0.3 is 0 Å². The Hall–Kier alpha value is -1.31. The Labute approximate surface area is 84.3 Å². The summed E-state index contributed by atoms with van der Waals surface area (Å²) >= 11 is 0. The van der Waals surface area contributed by atoms with Crippen molar-refractivity contribution in [3.8, 4) is 0 Å². The molecule has 2 heteroatoms. The van der Waals surface area contributed by atoms with E-state index < -0.39 is 0 Å². The first-order chi connectivity index (χ1) is 6.54. The number of hydrogen-bond acceptors (Lipinski definition) is 1. The molecule has 0 spiro atoms. The van der Waals surface area contributed by atoms with Gasteiger partial charge in [0, 0.05) is 5.22 Å². The molecule has 0 saturated heterocycles. The molecule has 2 rings (SSSR count). The molecule has 1 aromatic carbocycles. The second-order valence-electron chi connectivity index (χ2n) is 4.01. The lowest BCUT2D eigenvalue weighted by molar-refractivity contribution is 0.937. The van der Waals surface area contributed by atoms with E-state index >= 15 is 0 Å². The number of rotatable bonds is 0. The minimum Gasteiger partial charge on any atom is -0.155 e. The van der Waals surface area contributed by atoms with Gasteiger partial charge in [0.2, 0.25) is 0 Å². The van der Waals surface area contributed by atoms with Gasteiger partial charge in [0.15, 0.2) is 0 Å². The van der Waals surface area contributed by atoms with Gasteiger partial charge in [-0.1, -0.05) is 0 Å². The molecule has 0 aromatic heterocycles. The van der Waals surface area contributed by atoms with Crippen LogP contribution in [0.25, 0.3) is 5.70 Å². The van der Waals surface area contributed by atoms with Gasteiger partial charge in [-0.05, 0) is 56.9 Å². The zero-order valence-electron chi connectivity index (χ0n) is 9.39. The Morgan fingerprint density at radius 1 is 0.714 bits per heavy atom. The maximum Gasteiger partial charge on any atom is 0.0982 e. The molecule has 1 aromatic rings. The third-order valence-corrected chi connectivity index (χ3v) is 3.32. The lowest BCUT2D eigenvalue weighted by Crippen LogP contribution is -2.30. The first kappa shape index (κ1) is 9.25. The molecule has 73 valence electrons. The molecule has 0 saturated carbocycles. The Bertz CT molecular complexity index is 524. The zero-order chi connectivity index (χ0) is 10.5. The number of fused-ring (bicyclic) bond motifs is 1. The maximum atomic E-state index is 4.23. The summed E-state index contributed by atoms with van der Waals surface area (Å²) in [6, 6.07) is 0. The highest BCUT2D eigenvalue weighted by Crippen LogP contribution is 2.11. The predicted octanol–water partition coefficient (Wildman–Crippen LogP) is 1.20. The highest BCUT2D eigenvalue weighted by Gasteiger charge is 2.12. The lowest BCUT2D eigenvalue weighted by atomic mass is 9.96. The summed E-state index contributed by atoms with van der Waals surface area (Å²) in [5.41, 5.74) is 10.5. The molecule has 0 atom stereocenters. The molecule has 0 amide bonds. The average molecular weight is 187 g/mol. The van der Waals surface area contributed by atoms with Crippen molar-refractivity contribution in [2.24, 2.45) is 5.10 Å². The van der Waals surface area contributed by atoms with E-state index in [-0.39, 0.29) is 0 Å². The van der Waals surface area contributed by atoms with E-state index in [4.69, 9.17) is 0 Å². The SMILES string of the molecule is CC1=c2c(C)c(C)c(C)c(C)c2=N[N]1. The van der Waals surface area contributed by atoms with Crippen LogP contribution in [-0.4, -0.2) is 0 Å². The topological polar surface area (TPSA) is 26.5 Å². The molecule has 0 bridgehead atoms. The van der Waals surface area contributed by atoms with Gasteiger partial charge in [0.05, 0.1) is 11.1 Å². The standard InChI is InChI=1S/C12H15N2/c1-6-7(2)9(4)12-11(8(6)3)10(5)13-14-12/h1-5H3. The van der Waals surface area contributed by atoms with Gasteiger partial charge in [0.25, 0.3) is 0 Å². The highest BCUT2D eigenvalue weighted by atomic mass is 15.3. The van der Waals surface area contributed by atoms with Gasteiger partial charge in [0.1, 0.15) is 0 Å². The molecule has 0 fully saturated rings. The molecular formula is C12H15N2. The van der Waals surface area contributed by atoms with E-state index in [1.54, 1.807) is 0 Å². The average Bonchev–Trinajstić information content (AvgIpc) is 2.54. The van der Waals surface area contributed by atoms with Gasteiger partial charge < -0.3 is 0 Å². The number of nitrogens with zero attached hydrogens (tertiary/aromatic N) is 2. The Morgan fingerprint density at radius 2 is 1.29 bits per heavy atom. The van der Waals surface area contributed by atoms with Gasteiger partial charge in [-0.2, -0.15) is 5.43 Å². The molecule has 14 heavy (non-hydrogen) atoms. The molecule has 1 radical (unpaired) electrons. The van der Waals surface area contributed by atoms with E-state index in [2.05, 4.69) is 38.2 Å². The van der Waals surface area contributed by atoms with Crippen LogP contribution in [0.15, 0.2) is 5.10 Å². The van der Waals surface area contributed by atoms with Crippen LogP contribution in [0.5, 0.6) is 0 Å². The van der Waals surface area contributed by atoms with Crippen molar-refractivity contribution in [3.05, 3.63) is 32.8 Å². The molecular weight excluding hydrogens is 172 g/mol.